The van der Waals surface area contributed by atoms with Gasteiger partial charge in [-0.2, -0.15) is 0 Å². The fourth-order valence-electron chi connectivity index (χ4n) is 1.69. The highest BCUT2D eigenvalue weighted by atomic mass is 35.5. The summed E-state index contributed by atoms with van der Waals surface area (Å²) in [5.74, 6) is 5.54. The van der Waals surface area contributed by atoms with Crippen molar-refractivity contribution >= 4 is 23.2 Å². The Kier molecular flexibility index (Phi) is 5.52. The Morgan fingerprint density at radius 1 is 1.44 bits per heavy atom. The van der Waals surface area contributed by atoms with E-state index in [9.17, 15) is 0 Å². The minimum atomic E-state index is -0.166. The van der Waals surface area contributed by atoms with Gasteiger partial charge in [-0.15, -0.1) is 0 Å². The summed E-state index contributed by atoms with van der Waals surface area (Å²) in [7, 11) is 1.65. The zero-order valence-corrected chi connectivity index (χ0v) is 10.8. The monoisotopic (exact) mass is 262 g/mol. The Morgan fingerprint density at radius 3 is 2.62 bits per heavy atom. The van der Waals surface area contributed by atoms with Gasteiger partial charge >= 0.3 is 0 Å². The van der Waals surface area contributed by atoms with E-state index in [0.29, 0.717) is 10.0 Å². The molecular formula is C11H16Cl2N2O. The first-order chi connectivity index (χ1) is 7.63. The first-order valence-electron chi connectivity index (χ1n) is 5.07. The van der Waals surface area contributed by atoms with E-state index in [2.05, 4.69) is 5.43 Å². The lowest BCUT2D eigenvalue weighted by Crippen LogP contribution is -2.37. The smallest absolute Gasteiger partial charge is 0.0776 e. The highest BCUT2D eigenvalue weighted by Gasteiger charge is 2.22. The molecule has 2 atom stereocenters. The number of rotatable bonds is 5. The first-order valence-corrected chi connectivity index (χ1v) is 5.83. The molecule has 0 radical (unpaired) electrons. The van der Waals surface area contributed by atoms with Crippen LogP contribution in [0.1, 0.15) is 24.9 Å². The van der Waals surface area contributed by atoms with Gasteiger partial charge in [-0.3, -0.25) is 11.3 Å². The van der Waals surface area contributed by atoms with Crippen LogP contribution in [0.25, 0.3) is 0 Å². The van der Waals surface area contributed by atoms with Gasteiger partial charge in [-0.25, -0.2) is 0 Å². The fourth-order valence-corrected chi connectivity index (χ4v) is 2.10. The molecule has 1 rings (SSSR count). The van der Waals surface area contributed by atoms with Crippen molar-refractivity contribution in [2.75, 3.05) is 7.11 Å². The maximum atomic E-state index is 6.12. The average molecular weight is 263 g/mol. The van der Waals surface area contributed by atoms with E-state index >= 15 is 0 Å². The summed E-state index contributed by atoms with van der Waals surface area (Å²) in [4.78, 5) is 0. The summed E-state index contributed by atoms with van der Waals surface area (Å²) in [6, 6.07) is 5.14. The number of ether oxygens (including phenoxy) is 1. The molecule has 90 valence electrons. The molecule has 0 spiro atoms. The topological polar surface area (TPSA) is 47.3 Å². The van der Waals surface area contributed by atoms with E-state index in [1.54, 1.807) is 25.3 Å². The van der Waals surface area contributed by atoms with Crippen LogP contribution in [0.3, 0.4) is 0 Å². The van der Waals surface area contributed by atoms with Crippen molar-refractivity contribution in [3.63, 3.8) is 0 Å². The van der Waals surface area contributed by atoms with E-state index in [1.165, 1.54) is 0 Å². The van der Waals surface area contributed by atoms with Gasteiger partial charge in [-0.1, -0.05) is 30.1 Å². The number of hydrazine groups is 1. The molecular weight excluding hydrogens is 247 g/mol. The summed E-state index contributed by atoms with van der Waals surface area (Å²) in [5, 5.41) is 1.26. The number of hydrogen-bond acceptors (Lipinski definition) is 3. The van der Waals surface area contributed by atoms with Crippen LogP contribution in [0.5, 0.6) is 0 Å². The van der Waals surface area contributed by atoms with Gasteiger partial charge in [0.1, 0.15) is 0 Å². The minimum absolute atomic E-state index is 0.0408. The zero-order chi connectivity index (χ0) is 12.1. The van der Waals surface area contributed by atoms with Crippen LogP contribution in [0.2, 0.25) is 10.0 Å². The molecule has 0 fully saturated rings. The third-order valence-corrected chi connectivity index (χ3v) is 3.13. The molecule has 16 heavy (non-hydrogen) atoms. The lowest BCUT2D eigenvalue weighted by molar-refractivity contribution is 0.0651. The second-order valence-corrected chi connectivity index (χ2v) is 4.34. The molecule has 0 aliphatic carbocycles. The fraction of sp³-hybridized carbons (Fsp3) is 0.455. The van der Waals surface area contributed by atoms with Crippen LogP contribution >= 0.6 is 23.2 Å². The van der Waals surface area contributed by atoms with Gasteiger partial charge in [0.05, 0.1) is 12.1 Å². The van der Waals surface area contributed by atoms with Crippen molar-refractivity contribution in [1.29, 1.82) is 0 Å². The third-order valence-electron chi connectivity index (χ3n) is 2.55. The largest absolute Gasteiger partial charge is 0.379 e. The van der Waals surface area contributed by atoms with E-state index < -0.39 is 0 Å². The molecule has 0 heterocycles. The summed E-state index contributed by atoms with van der Waals surface area (Å²) in [5.41, 5.74) is 3.57. The van der Waals surface area contributed by atoms with Crippen molar-refractivity contribution in [2.45, 2.75) is 25.5 Å². The first kappa shape index (κ1) is 13.7. The van der Waals surface area contributed by atoms with Crippen LogP contribution in [-0.4, -0.2) is 13.2 Å². The van der Waals surface area contributed by atoms with Gasteiger partial charge in [-0.05, 0) is 30.2 Å². The highest BCUT2D eigenvalue weighted by Crippen LogP contribution is 2.29. The second-order valence-electron chi connectivity index (χ2n) is 3.49. The molecule has 3 N–H and O–H groups in total. The Balaban J connectivity index is 3.06. The summed E-state index contributed by atoms with van der Waals surface area (Å²) in [6.07, 6.45) is 0.787. The molecule has 0 saturated carbocycles. The zero-order valence-electron chi connectivity index (χ0n) is 9.34. The normalized spacial score (nSPS) is 14.8. The molecule has 0 aromatic heterocycles. The molecule has 1 aromatic rings. The number of benzene rings is 1. The minimum Gasteiger partial charge on any atom is -0.379 e. The summed E-state index contributed by atoms with van der Waals surface area (Å²) in [6.45, 7) is 2.02. The van der Waals surface area contributed by atoms with E-state index in [4.69, 9.17) is 33.8 Å². The van der Waals surface area contributed by atoms with Gasteiger partial charge in [0, 0.05) is 17.2 Å². The molecule has 0 saturated heterocycles. The molecule has 0 amide bonds. The molecule has 2 unspecified atom stereocenters. The van der Waals surface area contributed by atoms with E-state index in [1.807, 2.05) is 6.92 Å². The number of nitrogens with two attached hydrogens (primary N) is 1. The van der Waals surface area contributed by atoms with E-state index in [0.717, 1.165) is 12.0 Å². The average Bonchev–Trinajstić information content (AvgIpc) is 2.29. The molecule has 0 aliphatic heterocycles. The SMILES string of the molecule is CCC(OC)C(NN)c1cc(Cl)ccc1Cl. The summed E-state index contributed by atoms with van der Waals surface area (Å²) < 4.78 is 5.36. The molecule has 0 aliphatic rings. The number of hydrogen-bond donors (Lipinski definition) is 2. The Hall–Kier alpha value is -0.320. The van der Waals surface area contributed by atoms with Gasteiger partial charge in [0.2, 0.25) is 0 Å². The van der Waals surface area contributed by atoms with Crippen LogP contribution < -0.4 is 11.3 Å². The van der Waals surface area contributed by atoms with Gasteiger partial charge < -0.3 is 4.74 Å². The predicted molar refractivity (Wildman–Crippen MR) is 67.6 cm³/mol. The molecule has 5 heteroatoms. The number of methoxy groups -OCH3 is 1. The van der Waals surface area contributed by atoms with Crippen molar-refractivity contribution in [2.24, 2.45) is 5.84 Å². The number of nitrogens with one attached hydrogen (secondary N) is 1. The maximum absolute atomic E-state index is 6.12. The van der Waals surface area contributed by atoms with Crippen LogP contribution in [0, 0.1) is 0 Å². The van der Waals surface area contributed by atoms with Crippen molar-refractivity contribution in [3.05, 3.63) is 33.8 Å². The third kappa shape index (κ3) is 3.09. The number of halogens is 2. The Morgan fingerprint density at radius 2 is 2.12 bits per heavy atom. The molecule has 3 nitrogen and oxygen atoms in total. The van der Waals surface area contributed by atoms with Crippen LogP contribution in [0.15, 0.2) is 18.2 Å². The van der Waals surface area contributed by atoms with Gasteiger partial charge in [0.25, 0.3) is 0 Å². The standard InChI is InChI=1S/C11H16Cl2N2O/c1-3-10(16-2)11(15-14)8-6-7(12)4-5-9(8)13/h4-6,10-11,15H,3,14H2,1-2H3. The van der Waals surface area contributed by atoms with Crippen molar-refractivity contribution in [3.8, 4) is 0 Å². The Bertz CT molecular complexity index is 343. The second kappa shape index (κ2) is 6.42. The summed E-state index contributed by atoms with van der Waals surface area (Å²) >= 11 is 12.1. The quantitative estimate of drug-likeness (QED) is 0.634. The van der Waals surface area contributed by atoms with Crippen molar-refractivity contribution in [1.82, 2.24) is 5.43 Å². The van der Waals surface area contributed by atoms with Crippen molar-refractivity contribution < 1.29 is 4.74 Å². The van der Waals surface area contributed by atoms with E-state index in [-0.39, 0.29) is 12.1 Å². The molecule has 1 aromatic carbocycles. The van der Waals surface area contributed by atoms with Gasteiger partial charge in [0.15, 0.2) is 0 Å². The highest BCUT2D eigenvalue weighted by molar-refractivity contribution is 6.33. The lowest BCUT2D eigenvalue weighted by atomic mass is 10.00. The van der Waals surface area contributed by atoms with Crippen LogP contribution in [0.4, 0.5) is 0 Å². The maximum Gasteiger partial charge on any atom is 0.0776 e. The predicted octanol–water partition coefficient (Wildman–Crippen LogP) is 2.92. The van der Waals surface area contributed by atoms with Crippen LogP contribution in [-0.2, 0) is 4.74 Å². The lowest BCUT2D eigenvalue weighted by Gasteiger charge is -2.25. The Labute approximate surface area is 106 Å². The molecule has 0 bridgehead atoms.